The van der Waals surface area contributed by atoms with Gasteiger partial charge in [-0.3, -0.25) is 4.79 Å². The fourth-order valence-electron chi connectivity index (χ4n) is 1.90. The van der Waals surface area contributed by atoms with Crippen LogP contribution in [0.5, 0.6) is 0 Å². The minimum absolute atomic E-state index is 0.197. The van der Waals surface area contributed by atoms with Gasteiger partial charge in [0, 0.05) is 5.69 Å². The summed E-state index contributed by atoms with van der Waals surface area (Å²) in [5.74, 6) is -0.197. The molecule has 1 atom stereocenters. The Morgan fingerprint density at radius 3 is 2.30 bits per heavy atom. The van der Waals surface area contributed by atoms with Crippen LogP contribution in [0.15, 0.2) is 67.3 Å². The van der Waals surface area contributed by atoms with Gasteiger partial charge in [0.2, 0.25) is 5.91 Å². The number of carbonyl (C=O) groups is 1. The molecule has 1 amide bonds. The second kappa shape index (κ2) is 6.68. The zero-order valence-corrected chi connectivity index (χ0v) is 11.3. The number of amides is 1. The maximum atomic E-state index is 11.8. The maximum absolute atomic E-state index is 11.8. The van der Waals surface area contributed by atoms with Crippen molar-refractivity contribution in [3.63, 3.8) is 0 Å². The standard InChI is InChI=1S/C17H18N2O/c1-2-6-16(18)17(20)19-15-11-9-14(10-12-15)13-7-4-3-5-8-13/h2-5,7-12,16H,1,6,18H2,(H,19,20). The minimum Gasteiger partial charge on any atom is -0.325 e. The molecule has 102 valence electrons. The Kier molecular flexibility index (Phi) is 4.69. The Hall–Kier alpha value is -2.39. The molecule has 1 unspecified atom stereocenters. The lowest BCUT2D eigenvalue weighted by molar-refractivity contribution is -0.117. The van der Waals surface area contributed by atoms with E-state index in [9.17, 15) is 4.79 Å². The molecule has 2 aromatic carbocycles. The van der Waals surface area contributed by atoms with Gasteiger partial charge < -0.3 is 11.1 Å². The SMILES string of the molecule is C=CCC(N)C(=O)Nc1ccc(-c2ccccc2)cc1. The van der Waals surface area contributed by atoms with Crippen LogP contribution < -0.4 is 11.1 Å². The van der Waals surface area contributed by atoms with E-state index >= 15 is 0 Å². The maximum Gasteiger partial charge on any atom is 0.241 e. The summed E-state index contributed by atoms with van der Waals surface area (Å²) in [6.45, 7) is 3.58. The van der Waals surface area contributed by atoms with Crippen molar-refractivity contribution < 1.29 is 4.79 Å². The summed E-state index contributed by atoms with van der Waals surface area (Å²) in [6, 6.07) is 17.2. The van der Waals surface area contributed by atoms with Crippen molar-refractivity contribution in [2.75, 3.05) is 5.32 Å². The molecular weight excluding hydrogens is 248 g/mol. The van der Waals surface area contributed by atoms with Gasteiger partial charge in [-0.05, 0) is 29.7 Å². The smallest absolute Gasteiger partial charge is 0.241 e. The van der Waals surface area contributed by atoms with Crippen molar-refractivity contribution in [2.45, 2.75) is 12.5 Å². The third-order valence-corrected chi connectivity index (χ3v) is 3.02. The van der Waals surface area contributed by atoms with E-state index in [2.05, 4.69) is 11.9 Å². The number of nitrogens with one attached hydrogen (secondary N) is 1. The molecule has 2 aromatic rings. The third-order valence-electron chi connectivity index (χ3n) is 3.02. The van der Waals surface area contributed by atoms with Crippen LogP contribution in [0.25, 0.3) is 11.1 Å². The van der Waals surface area contributed by atoms with Crippen molar-refractivity contribution in [1.82, 2.24) is 0 Å². The minimum atomic E-state index is -0.554. The predicted octanol–water partition coefficient (Wildman–Crippen LogP) is 3.20. The van der Waals surface area contributed by atoms with E-state index in [0.29, 0.717) is 6.42 Å². The summed E-state index contributed by atoms with van der Waals surface area (Å²) < 4.78 is 0. The molecular formula is C17H18N2O. The Morgan fingerprint density at radius 2 is 1.70 bits per heavy atom. The van der Waals surface area contributed by atoms with E-state index in [1.807, 2.05) is 54.6 Å². The Morgan fingerprint density at radius 1 is 1.10 bits per heavy atom. The number of anilines is 1. The van der Waals surface area contributed by atoms with E-state index < -0.39 is 6.04 Å². The fourth-order valence-corrected chi connectivity index (χ4v) is 1.90. The summed E-state index contributed by atoms with van der Waals surface area (Å²) in [7, 11) is 0. The molecule has 3 heteroatoms. The largest absolute Gasteiger partial charge is 0.325 e. The normalized spacial score (nSPS) is 11.7. The highest BCUT2D eigenvalue weighted by Gasteiger charge is 2.11. The van der Waals surface area contributed by atoms with Crippen LogP contribution in [-0.2, 0) is 4.79 Å². The average Bonchev–Trinajstić information content (AvgIpc) is 2.49. The van der Waals surface area contributed by atoms with Crippen LogP contribution in [0.3, 0.4) is 0 Å². The molecule has 3 nitrogen and oxygen atoms in total. The second-order valence-electron chi connectivity index (χ2n) is 4.56. The number of rotatable bonds is 5. The highest BCUT2D eigenvalue weighted by molar-refractivity contribution is 5.94. The molecule has 0 radical (unpaired) electrons. The topological polar surface area (TPSA) is 55.1 Å². The van der Waals surface area contributed by atoms with Gasteiger partial charge in [0.1, 0.15) is 0 Å². The molecule has 20 heavy (non-hydrogen) atoms. The van der Waals surface area contributed by atoms with Crippen molar-refractivity contribution in [1.29, 1.82) is 0 Å². The lowest BCUT2D eigenvalue weighted by atomic mass is 10.1. The molecule has 3 N–H and O–H groups in total. The number of nitrogens with two attached hydrogens (primary N) is 1. The van der Waals surface area contributed by atoms with Crippen molar-refractivity contribution in [2.24, 2.45) is 5.73 Å². The average molecular weight is 266 g/mol. The lowest BCUT2D eigenvalue weighted by Gasteiger charge is -2.10. The lowest BCUT2D eigenvalue weighted by Crippen LogP contribution is -2.35. The summed E-state index contributed by atoms with van der Waals surface area (Å²) in [5.41, 5.74) is 8.72. The Bertz CT molecular complexity index is 576. The quantitative estimate of drug-likeness (QED) is 0.816. The number of hydrogen-bond acceptors (Lipinski definition) is 2. The molecule has 0 saturated heterocycles. The van der Waals surface area contributed by atoms with Gasteiger partial charge in [-0.15, -0.1) is 6.58 Å². The predicted molar refractivity (Wildman–Crippen MR) is 83.3 cm³/mol. The summed E-state index contributed by atoms with van der Waals surface area (Å²) in [5, 5.41) is 2.79. The van der Waals surface area contributed by atoms with Gasteiger partial charge in [-0.2, -0.15) is 0 Å². The Labute approximate surface area is 119 Å². The monoisotopic (exact) mass is 266 g/mol. The molecule has 0 heterocycles. The third kappa shape index (κ3) is 3.56. The molecule has 0 aliphatic rings. The van der Waals surface area contributed by atoms with E-state index in [1.165, 1.54) is 0 Å². The fraction of sp³-hybridized carbons (Fsp3) is 0.118. The summed E-state index contributed by atoms with van der Waals surface area (Å²) in [4.78, 5) is 11.8. The molecule has 0 aromatic heterocycles. The molecule has 0 aliphatic carbocycles. The van der Waals surface area contributed by atoms with E-state index in [0.717, 1.165) is 16.8 Å². The summed E-state index contributed by atoms with van der Waals surface area (Å²) >= 11 is 0. The first-order valence-corrected chi connectivity index (χ1v) is 6.53. The van der Waals surface area contributed by atoms with Gasteiger partial charge in [0.25, 0.3) is 0 Å². The van der Waals surface area contributed by atoms with Gasteiger partial charge in [0.05, 0.1) is 6.04 Å². The van der Waals surface area contributed by atoms with Crippen molar-refractivity contribution in [3.8, 4) is 11.1 Å². The Balaban J connectivity index is 2.05. The number of benzene rings is 2. The van der Waals surface area contributed by atoms with Crippen molar-refractivity contribution >= 4 is 11.6 Å². The van der Waals surface area contributed by atoms with E-state index in [4.69, 9.17) is 5.73 Å². The molecule has 0 aliphatic heterocycles. The molecule has 0 bridgehead atoms. The number of carbonyl (C=O) groups excluding carboxylic acids is 1. The molecule has 0 spiro atoms. The van der Waals surface area contributed by atoms with Crippen molar-refractivity contribution in [3.05, 3.63) is 67.3 Å². The first-order chi connectivity index (χ1) is 9.70. The first kappa shape index (κ1) is 14.0. The van der Waals surface area contributed by atoms with E-state index in [1.54, 1.807) is 6.08 Å². The molecule has 0 fully saturated rings. The second-order valence-corrected chi connectivity index (χ2v) is 4.56. The van der Waals surface area contributed by atoms with Crippen LogP contribution in [0.2, 0.25) is 0 Å². The van der Waals surface area contributed by atoms with Crippen LogP contribution in [0.4, 0.5) is 5.69 Å². The highest BCUT2D eigenvalue weighted by atomic mass is 16.2. The zero-order chi connectivity index (χ0) is 14.4. The molecule has 2 rings (SSSR count). The van der Waals surface area contributed by atoms with Crippen LogP contribution in [-0.4, -0.2) is 11.9 Å². The summed E-state index contributed by atoms with van der Waals surface area (Å²) in [6.07, 6.45) is 2.11. The van der Waals surface area contributed by atoms with Crippen LogP contribution in [0, 0.1) is 0 Å². The van der Waals surface area contributed by atoms with Gasteiger partial charge in [-0.1, -0.05) is 48.5 Å². The van der Waals surface area contributed by atoms with Crippen LogP contribution in [0.1, 0.15) is 6.42 Å². The van der Waals surface area contributed by atoms with Gasteiger partial charge >= 0.3 is 0 Å². The number of hydrogen-bond donors (Lipinski definition) is 2. The highest BCUT2D eigenvalue weighted by Crippen LogP contribution is 2.21. The molecule has 0 saturated carbocycles. The van der Waals surface area contributed by atoms with Crippen LogP contribution >= 0.6 is 0 Å². The first-order valence-electron chi connectivity index (χ1n) is 6.53. The zero-order valence-electron chi connectivity index (χ0n) is 11.3. The van der Waals surface area contributed by atoms with Gasteiger partial charge in [0.15, 0.2) is 0 Å². The van der Waals surface area contributed by atoms with E-state index in [-0.39, 0.29) is 5.91 Å². The van der Waals surface area contributed by atoms with Gasteiger partial charge in [-0.25, -0.2) is 0 Å².